The second-order valence-electron chi connectivity index (χ2n) is 1.95. The summed E-state index contributed by atoms with van der Waals surface area (Å²) in [6, 6.07) is 0. The minimum Gasteiger partial charge on any atom is -0.478 e. The first-order valence-corrected chi connectivity index (χ1v) is 3.84. The molecule has 0 spiro atoms. The third kappa shape index (κ3) is 11.5. The van der Waals surface area contributed by atoms with Crippen molar-refractivity contribution in [2.24, 2.45) is 0 Å². The van der Waals surface area contributed by atoms with Crippen molar-refractivity contribution in [3.05, 3.63) is 25.4 Å². The molecule has 0 aliphatic carbocycles. The van der Waals surface area contributed by atoms with Crippen molar-refractivity contribution in [2.45, 2.75) is 13.8 Å². The Morgan fingerprint density at radius 3 is 1.75 bits per heavy atom. The number of carbonyl (C=O) groups is 1. The predicted molar refractivity (Wildman–Crippen MR) is 51.0 cm³/mol. The minimum absolute atomic E-state index is 0.833. The van der Waals surface area contributed by atoms with Crippen LogP contribution in [0.15, 0.2) is 25.4 Å². The van der Waals surface area contributed by atoms with Crippen LogP contribution in [0.25, 0.3) is 0 Å². The Morgan fingerprint density at radius 2 is 1.75 bits per heavy atom. The smallest absolute Gasteiger partial charge is 0.327 e. The Kier molecular flexibility index (Phi) is 10.8. The third-order valence-electron chi connectivity index (χ3n) is 1.25. The maximum absolute atomic E-state index is 9.25. The highest BCUT2D eigenvalue weighted by atomic mass is 16.4. The average molecular weight is 171 g/mol. The normalized spacial score (nSPS) is 7.50. The van der Waals surface area contributed by atoms with Gasteiger partial charge >= 0.3 is 5.97 Å². The number of carboxylic acid groups (broad SMARTS) is 1. The molecule has 0 aromatic heterocycles. The van der Waals surface area contributed by atoms with Gasteiger partial charge in [0, 0.05) is 19.2 Å². The van der Waals surface area contributed by atoms with Crippen LogP contribution in [0.1, 0.15) is 13.8 Å². The number of rotatable bonds is 4. The summed E-state index contributed by atoms with van der Waals surface area (Å²) in [6.07, 6.45) is 2.69. The van der Waals surface area contributed by atoms with E-state index in [2.05, 4.69) is 31.9 Å². The zero-order valence-corrected chi connectivity index (χ0v) is 7.79. The molecule has 0 radical (unpaired) electrons. The molecule has 0 rings (SSSR count). The van der Waals surface area contributed by atoms with Gasteiger partial charge in [-0.2, -0.15) is 0 Å². The van der Waals surface area contributed by atoms with E-state index >= 15 is 0 Å². The van der Waals surface area contributed by atoms with Crippen LogP contribution in [0.3, 0.4) is 0 Å². The van der Waals surface area contributed by atoms with Crippen molar-refractivity contribution in [1.29, 1.82) is 0 Å². The molecule has 70 valence electrons. The lowest BCUT2D eigenvalue weighted by Crippen LogP contribution is -2.14. The first-order valence-electron chi connectivity index (χ1n) is 3.84. The molecule has 0 amide bonds. The van der Waals surface area contributed by atoms with Gasteiger partial charge in [0.1, 0.15) is 0 Å². The molecular formula is C9H17NO2. The summed E-state index contributed by atoms with van der Waals surface area (Å²) in [5.41, 5.74) is 0. The number of hydrogen-bond donors (Lipinski definition) is 1. The Bertz CT molecular complexity index is 139. The van der Waals surface area contributed by atoms with E-state index < -0.39 is 5.97 Å². The molecule has 0 atom stereocenters. The molecule has 0 fully saturated rings. The van der Waals surface area contributed by atoms with Crippen molar-refractivity contribution in [3.8, 4) is 0 Å². The summed E-state index contributed by atoms with van der Waals surface area (Å²) in [5, 5.41) is 7.60. The van der Waals surface area contributed by atoms with Crippen LogP contribution >= 0.6 is 0 Å². The topological polar surface area (TPSA) is 40.5 Å². The van der Waals surface area contributed by atoms with Crippen LogP contribution in [0.2, 0.25) is 0 Å². The van der Waals surface area contributed by atoms with Gasteiger partial charge in [0.15, 0.2) is 0 Å². The number of carboxylic acids is 1. The van der Waals surface area contributed by atoms with E-state index in [1.165, 1.54) is 0 Å². The van der Waals surface area contributed by atoms with Gasteiger partial charge in [-0.15, -0.1) is 0 Å². The lowest BCUT2D eigenvalue weighted by Gasteiger charge is -2.12. The van der Waals surface area contributed by atoms with Gasteiger partial charge in [-0.1, -0.05) is 13.2 Å². The summed E-state index contributed by atoms with van der Waals surface area (Å²) in [7, 11) is 0. The highest BCUT2D eigenvalue weighted by molar-refractivity contribution is 5.78. The Morgan fingerprint density at radius 1 is 1.42 bits per heavy atom. The minimum atomic E-state index is -0.981. The van der Waals surface area contributed by atoms with Crippen LogP contribution in [0.4, 0.5) is 0 Å². The monoisotopic (exact) mass is 171 g/mol. The molecule has 0 heterocycles. The van der Waals surface area contributed by atoms with Gasteiger partial charge < -0.3 is 10.0 Å². The lowest BCUT2D eigenvalue weighted by molar-refractivity contribution is -0.131. The fourth-order valence-electron chi connectivity index (χ4n) is 0.482. The number of nitrogens with zero attached hydrogens (tertiary/aromatic N) is 1. The Balaban J connectivity index is 0. The Hall–Kier alpha value is -1.25. The molecular weight excluding hydrogens is 154 g/mol. The van der Waals surface area contributed by atoms with Crippen LogP contribution < -0.4 is 0 Å². The van der Waals surface area contributed by atoms with Gasteiger partial charge in [-0.05, 0) is 20.0 Å². The zero-order chi connectivity index (χ0) is 9.98. The summed E-state index contributed by atoms with van der Waals surface area (Å²) < 4.78 is 0. The van der Waals surface area contributed by atoms with E-state index in [9.17, 15) is 4.79 Å². The van der Waals surface area contributed by atoms with Crippen molar-refractivity contribution < 1.29 is 9.90 Å². The maximum Gasteiger partial charge on any atom is 0.327 e. The van der Waals surface area contributed by atoms with Crippen LogP contribution in [-0.2, 0) is 4.79 Å². The summed E-state index contributed by atoms with van der Waals surface area (Å²) in [5.74, 6) is -0.981. The first kappa shape index (κ1) is 13.3. The lowest BCUT2D eigenvalue weighted by atomic mass is 10.5. The molecule has 1 N–H and O–H groups in total. The molecule has 0 aromatic carbocycles. The molecule has 0 aromatic rings. The van der Waals surface area contributed by atoms with E-state index in [1.807, 2.05) is 6.20 Å². The maximum atomic E-state index is 9.25. The summed E-state index contributed by atoms with van der Waals surface area (Å²) in [4.78, 5) is 11.4. The van der Waals surface area contributed by atoms with Crippen LogP contribution in [0.5, 0.6) is 0 Å². The summed E-state index contributed by atoms with van der Waals surface area (Å²) >= 11 is 0. The van der Waals surface area contributed by atoms with Gasteiger partial charge in [-0.3, -0.25) is 0 Å². The van der Waals surface area contributed by atoms with Crippen molar-refractivity contribution in [2.75, 3.05) is 13.1 Å². The molecule has 0 aliphatic rings. The van der Waals surface area contributed by atoms with E-state index in [4.69, 9.17) is 5.11 Å². The molecule has 0 saturated heterocycles. The molecule has 12 heavy (non-hydrogen) atoms. The molecule has 3 heteroatoms. The van der Waals surface area contributed by atoms with E-state index in [1.54, 1.807) is 0 Å². The highest BCUT2D eigenvalue weighted by Crippen LogP contribution is 1.82. The average Bonchev–Trinajstić information content (AvgIpc) is 2.09. The largest absolute Gasteiger partial charge is 0.478 e. The van der Waals surface area contributed by atoms with Gasteiger partial charge in [0.25, 0.3) is 0 Å². The zero-order valence-electron chi connectivity index (χ0n) is 7.79. The quantitative estimate of drug-likeness (QED) is 0.655. The van der Waals surface area contributed by atoms with Crippen molar-refractivity contribution in [1.82, 2.24) is 4.90 Å². The molecule has 0 saturated carbocycles. The van der Waals surface area contributed by atoms with Crippen molar-refractivity contribution in [3.63, 3.8) is 0 Å². The molecule has 0 unspecified atom stereocenters. The second kappa shape index (κ2) is 9.75. The second-order valence-corrected chi connectivity index (χ2v) is 1.95. The third-order valence-corrected chi connectivity index (χ3v) is 1.25. The molecule has 0 bridgehead atoms. The Labute approximate surface area is 74.0 Å². The van der Waals surface area contributed by atoms with Gasteiger partial charge in [-0.25, -0.2) is 4.79 Å². The first-order chi connectivity index (χ1) is 5.62. The van der Waals surface area contributed by atoms with Crippen LogP contribution in [0, 0.1) is 0 Å². The fourth-order valence-corrected chi connectivity index (χ4v) is 0.482. The van der Waals surface area contributed by atoms with Crippen LogP contribution in [-0.4, -0.2) is 29.1 Å². The highest BCUT2D eigenvalue weighted by Gasteiger charge is 1.83. The van der Waals surface area contributed by atoms with Crippen molar-refractivity contribution >= 4 is 5.97 Å². The molecule has 3 nitrogen and oxygen atoms in total. The molecule has 0 aliphatic heterocycles. The van der Waals surface area contributed by atoms with Gasteiger partial charge in [0.2, 0.25) is 0 Å². The number of hydrogen-bond acceptors (Lipinski definition) is 2. The van der Waals surface area contributed by atoms with E-state index in [-0.39, 0.29) is 0 Å². The summed E-state index contributed by atoms with van der Waals surface area (Å²) in [6.45, 7) is 13.0. The fraction of sp³-hybridized carbons (Fsp3) is 0.444. The standard InChI is InChI=1S/C6H13N.C3H4O2/c1-4-7(5-2)6-3;1-2-3(4)5/h4H,1,5-6H2,2-3H3;2H,1H2,(H,4,5). The van der Waals surface area contributed by atoms with E-state index in [0.717, 1.165) is 19.2 Å². The predicted octanol–water partition coefficient (Wildman–Crippen LogP) is 1.73. The SMILES string of the molecule is C=CC(=O)O.C=CN(CC)CC. The van der Waals surface area contributed by atoms with Gasteiger partial charge in [0.05, 0.1) is 0 Å². The van der Waals surface area contributed by atoms with E-state index in [0.29, 0.717) is 0 Å². The number of aliphatic carboxylic acids is 1.